The Hall–Kier alpha value is -4.88. The second-order valence-corrected chi connectivity index (χ2v) is 24.3. The first-order valence-electron chi connectivity index (χ1n) is 35.0. The molecule has 0 unspecified atom stereocenters. The van der Waals surface area contributed by atoms with Gasteiger partial charge in [-0.05, 0) is 127 Å². The van der Waals surface area contributed by atoms with Gasteiger partial charge >= 0.3 is 0 Å². The minimum atomic E-state index is -1.66. The minimum Gasteiger partial charge on any atom is -0.396 e. The molecule has 0 saturated heterocycles. The van der Waals surface area contributed by atoms with Crippen molar-refractivity contribution in [2.24, 2.45) is 39.9 Å². The third-order valence-corrected chi connectivity index (χ3v) is 18.2. The second-order valence-electron chi connectivity index (χ2n) is 23.5. The van der Waals surface area contributed by atoms with Gasteiger partial charge in [0, 0.05) is 126 Å². The molecule has 0 radical (unpaired) electrons. The number of nitrogens with one attached hydrogen (secondary N) is 3. The number of allylic oxidation sites excluding steroid dienone is 1. The molecule has 1 aromatic heterocycles. The van der Waals surface area contributed by atoms with Crippen LogP contribution < -0.4 is 33.2 Å². The van der Waals surface area contributed by atoms with Crippen LogP contribution in [0, 0.1) is 102 Å². The SMILES string of the molecule is C=CC#N.CCC(CC)(CC)C(CCC#N)CCC#N.CCC(CC)(CC)N(CCN)CCN.CCNCCCN(CCNCC)C(C)(CC)CC.N#CCCBr.N#CCCC(CCC#N)C(CO)(CO)CO.N#CCCNC(O)(CO)CO.NC(CO)(CO)CO.[2HH].c1ccncc1. The van der Waals surface area contributed by atoms with Crippen LogP contribution >= 0.6 is 15.9 Å². The zero-order valence-electron chi connectivity index (χ0n) is 62.5. The van der Waals surface area contributed by atoms with Crippen molar-refractivity contribution in [1.82, 2.24) is 30.7 Å². The van der Waals surface area contributed by atoms with Crippen molar-refractivity contribution >= 4 is 15.9 Å². The quantitative estimate of drug-likeness (QED) is 0.0131. The Morgan fingerprint density at radius 2 is 0.888 bits per heavy atom. The van der Waals surface area contributed by atoms with Crippen molar-refractivity contribution in [3.05, 3.63) is 43.2 Å². The van der Waals surface area contributed by atoms with Crippen LogP contribution in [0.2, 0.25) is 0 Å². The minimum absolute atomic E-state index is 0. The molecule has 0 aromatic carbocycles. The summed E-state index contributed by atoms with van der Waals surface area (Å²) in [7, 11) is 0. The molecule has 1 rings (SSSR count). The zero-order valence-corrected chi connectivity index (χ0v) is 64.1. The number of likely N-dealkylation sites (N-methyl/N-ethyl adjacent to an activating group) is 1. The molecule has 1 aromatic rings. The number of nitrogens with zero attached hydrogens (tertiary/aromatic N) is 10. The lowest BCUT2D eigenvalue weighted by Crippen LogP contribution is -2.51. The molecule has 0 fully saturated rings. The predicted molar refractivity (Wildman–Crippen MR) is 401 cm³/mol. The van der Waals surface area contributed by atoms with Crippen molar-refractivity contribution in [3.8, 4) is 42.5 Å². The maximum atomic E-state index is 9.26. The molecule has 0 amide bonds. The number of alkyl halides is 1. The molecule has 0 aliphatic rings. The van der Waals surface area contributed by atoms with Crippen LogP contribution in [-0.2, 0) is 0 Å². The lowest BCUT2D eigenvalue weighted by Gasteiger charge is -2.42. The molecule has 0 aliphatic heterocycles. The van der Waals surface area contributed by atoms with Gasteiger partial charge in [0.25, 0.3) is 0 Å². The standard InChI is InChI=1S/C15H35N3.C14H24N2.C11H27N3.C11H18N2O3.C6H12N2O3.C5H5N.C4H11NO3.C3H4BrN.C3H3N.H2/c1-6-15(5,7-2)18(14-12-17-9-4)13-10-11-16-8-3;1-4-14(5-2,6-3)13(9-7-11-15)10-8-12-16;1-4-11(5-2,6-3)14(9-7-12)10-8-13;12-5-1-3-10(4-2-6-13)11(7-14,8-15)9-16;7-2-1-3-8-6(11,4-9)5-10;1-2-4-6-5-3-1;5-4(1-6,2-7)3-8;4-2-1-3-5;1-2-3-4;/h16-17H,6-14H2,1-5H3;13H,4-10H2,1-3H3;4-10,12-13H2,1-3H3;10,14-16H,1-4,7-9H2;8-11H,1,3-5H2;1-5H;6-8H,1-3,5H2;1-2H2;2H,1H2;1H/i;;;;;;;;;1+1. The number of aliphatic hydroxyl groups excluding tert-OH is 8. The zero-order chi connectivity index (χ0) is 76.9. The third kappa shape index (κ3) is 55.8. The van der Waals surface area contributed by atoms with E-state index in [1.807, 2.05) is 42.5 Å². The molecular formula is C72H141BrN16O9. The Labute approximate surface area is 604 Å². The van der Waals surface area contributed by atoms with Gasteiger partial charge in [-0.3, -0.25) is 20.1 Å². The number of hydrogen-bond donors (Lipinski definition) is 15. The van der Waals surface area contributed by atoms with Gasteiger partial charge in [-0.25, -0.2) is 0 Å². The highest BCUT2D eigenvalue weighted by atomic mass is 79.9. The van der Waals surface area contributed by atoms with Crippen molar-refractivity contribution in [2.75, 3.05) is 130 Å². The summed E-state index contributed by atoms with van der Waals surface area (Å²) in [5, 5.41) is 147. The van der Waals surface area contributed by atoms with Crippen LogP contribution in [0.1, 0.15) is 200 Å². The van der Waals surface area contributed by atoms with Crippen molar-refractivity contribution < 1.29 is 47.4 Å². The fourth-order valence-electron chi connectivity index (χ4n) is 10.3. The number of hydrogen-bond acceptors (Lipinski definition) is 25. The molecule has 1 heterocycles. The summed E-state index contributed by atoms with van der Waals surface area (Å²) in [6.45, 7) is 35.0. The number of nitriles is 7. The normalized spacial score (nSPS) is 10.9. The summed E-state index contributed by atoms with van der Waals surface area (Å²) in [6.07, 6.45) is 20.9. The van der Waals surface area contributed by atoms with Gasteiger partial charge in [-0.15, -0.1) is 0 Å². The van der Waals surface area contributed by atoms with Crippen LogP contribution in [0.25, 0.3) is 0 Å². The van der Waals surface area contributed by atoms with Crippen molar-refractivity contribution in [3.63, 3.8) is 0 Å². The van der Waals surface area contributed by atoms with E-state index >= 15 is 0 Å². The van der Waals surface area contributed by atoms with Gasteiger partial charge in [0.2, 0.25) is 0 Å². The van der Waals surface area contributed by atoms with Crippen LogP contribution in [0.15, 0.2) is 43.2 Å². The van der Waals surface area contributed by atoms with Crippen LogP contribution in [-0.4, -0.2) is 213 Å². The molecule has 25 nitrogen and oxygen atoms in total. The fraction of sp³-hybridized carbons (Fsp3) is 0.806. The Morgan fingerprint density at radius 1 is 0.510 bits per heavy atom. The van der Waals surface area contributed by atoms with E-state index in [0.29, 0.717) is 54.5 Å². The largest absolute Gasteiger partial charge is 0.396 e. The summed E-state index contributed by atoms with van der Waals surface area (Å²) in [5.41, 5.74) is 13.6. The highest BCUT2D eigenvalue weighted by molar-refractivity contribution is 9.09. The molecular weight excluding hydrogens is 1310 g/mol. The molecule has 18 N–H and O–H groups in total. The Morgan fingerprint density at radius 3 is 1.12 bits per heavy atom. The van der Waals surface area contributed by atoms with Gasteiger partial charge in [-0.2, -0.15) is 36.8 Å². The van der Waals surface area contributed by atoms with Crippen molar-refractivity contribution in [1.29, 1.82) is 36.8 Å². The van der Waals surface area contributed by atoms with E-state index in [1.54, 1.807) is 18.5 Å². The first kappa shape index (κ1) is 109. The second kappa shape index (κ2) is 77.9. The van der Waals surface area contributed by atoms with E-state index in [2.05, 4.69) is 142 Å². The monoisotopic (exact) mass is 1450 g/mol. The van der Waals surface area contributed by atoms with E-state index in [9.17, 15) is 15.3 Å². The van der Waals surface area contributed by atoms with Crippen LogP contribution in [0.3, 0.4) is 0 Å². The van der Waals surface area contributed by atoms with Gasteiger partial charge in [-0.1, -0.05) is 117 Å². The lowest BCUT2D eigenvalue weighted by molar-refractivity contribution is -0.0787. The number of rotatable bonds is 45. The maximum absolute atomic E-state index is 9.26. The fourth-order valence-corrected chi connectivity index (χ4v) is 10.4. The number of aromatic nitrogens is 1. The van der Waals surface area contributed by atoms with Gasteiger partial charge in [0.05, 0.1) is 101 Å². The smallest absolute Gasteiger partial charge is 0.162 e. The van der Waals surface area contributed by atoms with Crippen LogP contribution in [0.5, 0.6) is 0 Å². The summed E-state index contributed by atoms with van der Waals surface area (Å²) in [4.78, 5) is 8.92. The Kier molecular flexibility index (Phi) is 86.6. The maximum Gasteiger partial charge on any atom is 0.162 e. The topological polar surface area (TPSA) is 482 Å². The molecule has 0 atom stereocenters. The first-order chi connectivity index (χ1) is 46.9. The Balaban J connectivity index is -0.000000135. The van der Waals surface area contributed by atoms with Crippen LogP contribution in [0.4, 0.5) is 0 Å². The van der Waals surface area contributed by atoms with Gasteiger partial charge in [0.1, 0.15) is 0 Å². The number of aliphatic hydroxyl groups is 9. The lowest BCUT2D eigenvalue weighted by atomic mass is 9.66. The van der Waals surface area contributed by atoms with Gasteiger partial charge < -0.3 is 73.8 Å². The van der Waals surface area contributed by atoms with Gasteiger partial charge in [0.15, 0.2) is 5.72 Å². The summed E-state index contributed by atoms with van der Waals surface area (Å²) < 4.78 is 0. The van der Waals surface area contributed by atoms with E-state index in [1.165, 1.54) is 51.1 Å². The molecule has 570 valence electrons. The molecule has 0 bridgehead atoms. The number of nitrogens with two attached hydrogens (primary N) is 3. The summed E-state index contributed by atoms with van der Waals surface area (Å²) in [6, 6.07) is 19.7. The third-order valence-electron chi connectivity index (χ3n) is 17.8. The molecule has 26 heteroatoms. The summed E-state index contributed by atoms with van der Waals surface area (Å²) >= 11 is 3.09. The van der Waals surface area contributed by atoms with E-state index in [-0.39, 0.29) is 53.0 Å². The van der Waals surface area contributed by atoms with Crippen molar-refractivity contribution in [2.45, 2.75) is 220 Å². The molecule has 98 heavy (non-hydrogen) atoms. The predicted octanol–water partition coefficient (Wildman–Crippen LogP) is 7.39. The molecule has 0 aliphatic carbocycles. The highest BCUT2D eigenvalue weighted by Gasteiger charge is 2.37. The Bertz CT molecular complexity index is 2010. The highest BCUT2D eigenvalue weighted by Crippen LogP contribution is 2.43. The van der Waals surface area contributed by atoms with E-state index in [0.717, 1.165) is 96.3 Å². The average molecular weight is 1460 g/mol. The first-order valence-corrected chi connectivity index (χ1v) is 36.1. The molecule has 0 spiro atoms. The van der Waals surface area contributed by atoms with E-state index in [4.69, 9.17) is 84.7 Å². The van der Waals surface area contributed by atoms with E-state index < -0.39 is 49.7 Å². The number of pyridine rings is 1. The summed E-state index contributed by atoms with van der Waals surface area (Å²) in [5.74, 6) is 0.318. The number of halogens is 1. The molecule has 0 saturated carbocycles. The average Bonchev–Trinajstić information content (AvgIpc) is 0.896.